The number of ether oxygens (including phenoxy) is 1. The van der Waals surface area contributed by atoms with Crippen LogP contribution in [0, 0.1) is 5.92 Å². The topological polar surface area (TPSA) is 71.5 Å². The summed E-state index contributed by atoms with van der Waals surface area (Å²) in [6.07, 6.45) is 2.02. The average Bonchev–Trinajstić information content (AvgIpc) is 3.32. The first-order chi connectivity index (χ1) is 10.1. The lowest BCUT2D eigenvalue weighted by Gasteiger charge is -2.37. The van der Waals surface area contributed by atoms with Crippen LogP contribution in [0.4, 0.5) is 0 Å². The summed E-state index contributed by atoms with van der Waals surface area (Å²) in [7, 11) is 1.55. The van der Waals surface area contributed by atoms with Crippen LogP contribution in [0.1, 0.15) is 25.5 Å². The van der Waals surface area contributed by atoms with Gasteiger partial charge in [-0.25, -0.2) is 4.98 Å². The largest absolute Gasteiger partial charge is 0.481 e. The fraction of sp³-hybridized carbons (Fsp3) is 0.533. The van der Waals surface area contributed by atoms with Crippen LogP contribution in [0.25, 0.3) is 0 Å². The molecule has 6 nitrogen and oxygen atoms in total. The highest BCUT2D eigenvalue weighted by atomic mass is 16.5. The van der Waals surface area contributed by atoms with Crippen molar-refractivity contribution in [2.24, 2.45) is 5.92 Å². The van der Waals surface area contributed by atoms with Crippen molar-refractivity contribution in [3.8, 4) is 5.88 Å². The first kappa shape index (κ1) is 13.9. The molecule has 0 spiro atoms. The number of nitrogens with zero attached hydrogens (tertiary/aromatic N) is 2. The van der Waals surface area contributed by atoms with Crippen molar-refractivity contribution in [1.82, 2.24) is 15.2 Å². The number of rotatable bonds is 4. The fourth-order valence-electron chi connectivity index (χ4n) is 2.64. The molecule has 2 aliphatic rings. The van der Waals surface area contributed by atoms with E-state index in [1.54, 1.807) is 25.0 Å². The number of hydrogen-bond donors (Lipinski definition) is 1. The number of nitrogens with one attached hydrogen (secondary N) is 1. The predicted octanol–water partition coefficient (Wildman–Crippen LogP) is 0.716. The highest BCUT2D eigenvalue weighted by Gasteiger charge is 2.45. The van der Waals surface area contributed by atoms with Gasteiger partial charge in [-0.15, -0.1) is 0 Å². The van der Waals surface area contributed by atoms with E-state index in [1.165, 1.54) is 0 Å². The van der Waals surface area contributed by atoms with Crippen molar-refractivity contribution in [1.29, 1.82) is 0 Å². The summed E-state index contributed by atoms with van der Waals surface area (Å²) in [5.41, 5.74) is 0.721. The molecule has 2 atom stereocenters. The Morgan fingerprint density at radius 1 is 1.38 bits per heavy atom. The predicted molar refractivity (Wildman–Crippen MR) is 75.5 cm³/mol. The van der Waals surface area contributed by atoms with Gasteiger partial charge < -0.3 is 15.0 Å². The molecular weight excluding hydrogens is 270 g/mol. The number of pyridine rings is 1. The molecule has 1 aliphatic heterocycles. The van der Waals surface area contributed by atoms with Gasteiger partial charge in [-0.1, -0.05) is 6.07 Å². The second-order valence-electron chi connectivity index (χ2n) is 5.64. The van der Waals surface area contributed by atoms with Crippen molar-refractivity contribution in [2.45, 2.75) is 38.4 Å². The molecule has 2 heterocycles. The minimum Gasteiger partial charge on any atom is -0.481 e. The highest BCUT2D eigenvalue weighted by molar-refractivity contribution is 5.97. The van der Waals surface area contributed by atoms with Crippen LogP contribution in [0.15, 0.2) is 18.2 Å². The van der Waals surface area contributed by atoms with E-state index in [-0.39, 0.29) is 17.9 Å². The number of aromatic nitrogens is 1. The second kappa shape index (κ2) is 5.35. The van der Waals surface area contributed by atoms with Crippen LogP contribution in [-0.4, -0.2) is 40.9 Å². The van der Waals surface area contributed by atoms with Crippen molar-refractivity contribution in [3.63, 3.8) is 0 Å². The lowest BCUT2D eigenvalue weighted by atomic mass is 10.0. The molecule has 6 heteroatoms. The molecule has 0 bridgehead atoms. The normalized spacial score (nSPS) is 25.7. The Bertz CT molecular complexity index is 571. The maximum atomic E-state index is 12.6. The van der Waals surface area contributed by atoms with E-state index in [2.05, 4.69) is 10.3 Å². The zero-order valence-electron chi connectivity index (χ0n) is 12.2. The maximum absolute atomic E-state index is 12.6. The van der Waals surface area contributed by atoms with Crippen LogP contribution in [-0.2, 0) is 16.1 Å². The second-order valence-corrected chi connectivity index (χ2v) is 5.64. The summed E-state index contributed by atoms with van der Waals surface area (Å²) < 4.78 is 5.09. The Kier molecular flexibility index (Phi) is 3.53. The van der Waals surface area contributed by atoms with Gasteiger partial charge in [0.05, 0.1) is 19.3 Å². The van der Waals surface area contributed by atoms with E-state index in [9.17, 15) is 9.59 Å². The summed E-state index contributed by atoms with van der Waals surface area (Å²) >= 11 is 0. The summed E-state index contributed by atoms with van der Waals surface area (Å²) in [6, 6.07) is 4.59. The third-order valence-corrected chi connectivity index (χ3v) is 4.11. The Morgan fingerprint density at radius 3 is 2.81 bits per heavy atom. The molecule has 0 radical (unpaired) electrons. The number of methoxy groups -OCH3 is 1. The molecule has 1 N–H and O–H groups in total. The van der Waals surface area contributed by atoms with Gasteiger partial charge in [-0.05, 0) is 31.7 Å². The summed E-state index contributed by atoms with van der Waals surface area (Å²) in [6.45, 7) is 2.07. The molecule has 2 amide bonds. The van der Waals surface area contributed by atoms with E-state index in [4.69, 9.17) is 4.74 Å². The third-order valence-electron chi connectivity index (χ3n) is 4.11. The van der Waals surface area contributed by atoms with Gasteiger partial charge in [0.25, 0.3) is 0 Å². The number of carbonyl (C=O) groups is 2. The van der Waals surface area contributed by atoms with Gasteiger partial charge in [0.1, 0.15) is 12.1 Å². The zero-order chi connectivity index (χ0) is 15.0. The minimum absolute atomic E-state index is 0.00535. The lowest BCUT2D eigenvalue weighted by Crippen LogP contribution is -2.62. The summed E-state index contributed by atoms with van der Waals surface area (Å²) in [5, 5.41) is 2.84. The van der Waals surface area contributed by atoms with Crippen molar-refractivity contribution < 1.29 is 14.3 Å². The zero-order valence-corrected chi connectivity index (χ0v) is 12.2. The van der Waals surface area contributed by atoms with Crippen molar-refractivity contribution in [3.05, 3.63) is 23.9 Å². The van der Waals surface area contributed by atoms with Gasteiger partial charge in [-0.2, -0.15) is 0 Å². The van der Waals surface area contributed by atoms with Gasteiger partial charge in [0.2, 0.25) is 17.7 Å². The van der Waals surface area contributed by atoms with Crippen LogP contribution in [0.3, 0.4) is 0 Å². The molecule has 21 heavy (non-hydrogen) atoms. The molecule has 1 saturated heterocycles. The molecule has 2 fully saturated rings. The summed E-state index contributed by atoms with van der Waals surface area (Å²) in [5.74, 6) is 0.714. The van der Waals surface area contributed by atoms with E-state index >= 15 is 0 Å². The van der Waals surface area contributed by atoms with Gasteiger partial charge in [-0.3, -0.25) is 9.59 Å². The highest BCUT2D eigenvalue weighted by Crippen LogP contribution is 2.35. The monoisotopic (exact) mass is 289 g/mol. The maximum Gasteiger partial charge on any atom is 0.246 e. The Morgan fingerprint density at radius 2 is 2.14 bits per heavy atom. The first-order valence-corrected chi connectivity index (χ1v) is 7.21. The Labute approximate surface area is 123 Å². The van der Waals surface area contributed by atoms with Crippen molar-refractivity contribution in [2.75, 3.05) is 7.11 Å². The molecule has 3 rings (SSSR count). The van der Waals surface area contributed by atoms with Crippen molar-refractivity contribution >= 4 is 11.8 Å². The third kappa shape index (κ3) is 2.70. The molecule has 1 saturated carbocycles. The number of carbonyl (C=O) groups excluding carboxylic acids is 2. The van der Waals surface area contributed by atoms with E-state index < -0.39 is 6.04 Å². The van der Waals surface area contributed by atoms with Crippen LogP contribution in [0.2, 0.25) is 0 Å². The van der Waals surface area contributed by atoms with Crippen LogP contribution in [0.5, 0.6) is 5.88 Å². The van der Waals surface area contributed by atoms with E-state index in [1.807, 2.05) is 12.1 Å². The summed E-state index contributed by atoms with van der Waals surface area (Å²) in [4.78, 5) is 30.6. The number of piperazine rings is 1. The van der Waals surface area contributed by atoms with Gasteiger partial charge in [0.15, 0.2) is 0 Å². The van der Waals surface area contributed by atoms with Gasteiger partial charge in [0, 0.05) is 6.07 Å². The SMILES string of the molecule is COc1cccc(CN2C(=O)C(C3CC3)NC(=O)C2C)n1. The molecule has 2 unspecified atom stereocenters. The lowest BCUT2D eigenvalue weighted by molar-refractivity contribution is -0.150. The smallest absolute Gasteiger partial charge is 0.246 e. The van der Waals surface area contributed by atoms with Gasteiger partial charge >= 0.3 is 0 Å². The molecular formula is C15H19N3O3. The first-order valence-electron chi connectivity index (χ1n) is 7.21. The molecule has 1 aromatic rings. The molecule has 112 valence electrons. The number of amides is 2. The average molecular weight is 289 g/mol. The Hall–Kier alpha value is -2.11. The Balaban J connectivity index is 1.80. The standard InChI is InChI=1S/C15H19N3O3/c1-9-14(19)17-13(10-6-7-10)15(20)18(9)8-11-4-3-5-12(16-11)21-2/h3-5,9-10,13H,6-8H2,1-2H3,(H,17,19). The van der Waals surface area contributed by atoms with E-state index in [0.717, 1.165) is 18.5 Å². The fourth-order valence-corrected chi connectivity index (χ4v) is 2.64. The molecule has 1 aromatic heterocycles. The molecule has 0 aromatic carbocycles. The molecule has 1 aliphatic carbocycles. The van der Waals surface area contributed by atoms with Crippen LogP contribution >= 0.6 is 0 Å². The van der Waals surface area contributed by atoms with E-state index in [0.29, 0.717) is 18.3 Å². The number of hydrogen-bond acceptors (Lipinski definition) is 4. The van der Waals surface area contributed by atoms with Crippen LogP contribution < -0.4 is 10.1 Å². The minimum atomic E-state index is -0.472. The quantitative estimate of drug-likeness (QED) is 0.886.